The average molecular weight is 379 g/mol. The molecule has 132 valence electrons. The number of carboxylic acid groups (broad SMARTS) is 2. The Morgan fingerprint density at radius 2 is 1.84 bits per heavy atom. The highest BCUT2D eigenvalue weighted by Gasteiger charge is 2.40. The lowest BCUT2D eigenvalue weighted by Crippen LogP contribution is -2.44. The molecule has 0 spiro atoms. The standard InChI is InChI=1S/C17H17NO5S2/c1-9(2)7-12(16(22)23)18-14(19)13(25-17(18)24)8-10-3-5-11(6-4-10)15(20)21/h3-6,8-9,12H,7H2,1-2H3,(H,20,21)(H,22,23)/b13-8-. The highest BCUT2D eigenvalue weighted by molar-refractivity contribution is 8.26. The summed E-state index contributed by atoms with van der Waals surface area (Å²) in [6.07, 6.45) is 1.89. The molecular formula is C17H17NO5S2. The van der Waals surface area contributed by atoms with Crippen LogP contribution >= 0.6 is 24.0 Å². The number of carboxylic acids is 2. The van der Waals surface area contributed by atoms with Crippen molar-refractivity contribution in [3.8, 4) is 0 Å². The van der Waals surface area contributed by atoms with Crippen LogP contribution in [-0.4, -0.2) is 43.3 Å². The minimum atomic E-state index is -1.09. The summed E-state index contributed by atoms with van der Waals surface area (Å²) in [5, 5.41) is 18.3. The topological polar surface area (TPSA) is 94.9 Å². The van der Waals surface area contributed by atoms with Crippen molar-refractivity contribution in [3.63, 3.8) is 0 Å². The number of hydrogen-bond acceptors (Lipinski definition) is 5. The van der Waals surface area contributed by atoms with Gasteiger partial charge in [0.1, 0.15) is 10.4 Å². The third-order valence-corrected chi connectivity index (χ3v) is 4.90. The first-order valence-electron chi connectivity index (χ1n) is 7.54. The van der Waals surface area contributed by atoms with Crippen LogP contribution in [0.5, 0.6) is 0 Å². The minimum absolute atomic E-state index is 0.0956. The van der Waals surface area contributed by atoms with E-state index in [4.69, 9.17) is 17.3 Å². The largest absolute Gasteiger partial charge is 0.480 e. The van der Waals surface area contributed by atoms with Crippen LogP contribution in [0.1, 0.15) is 36.2 Å². The molecule has 0 aliphatic carbocycles. The Bertz CT molecular complexity index is 755. The van der Waals surface area contributed by atoms with Gasteiger partial charge in [0, 0.05) is 0 Å². The second kappa shape index (κ2) is 7.79. The van der Waals surface area contributed by atoms with E-state index in [0.29, 0.717) is 16.9 Å². The molecule has 8 heteroatoms. The lowest BCUT2D eigenvalue weighted by Gasteiger charge is -2.24. The Kier molecular flexibility index (Phi) is 5.97. The molecule has 2 rings (SSSR count). The van der Waals surface area contributed by atoms with Crippen LogP contribution in [-0.2, 0) is 9.59 Å². The number of hydrogen-bond donors (Lipinski definition) is 2. The first-order chi connectivity index (χ1) is 11.7. The van der Waals surface area contributed by atoms with Gasteiger partial charge < -0.3 is 10.2 Å². The Hall–Kier alpha value is -2.19. The molecule has 25 heavy (non-hydrogen) atoms. The number of rotatable bonds is 6. The van der Waals surface area contributed by atoms with E-state index in [2.05, 4.69) is 0 Å². The van der Waals surface area contributed by atoms with E-state index in [9.17, 15) is 19.5 Å². The van der Waals surface area contributed by atoms with Gasteiger partial charge in [-0.25, -0.2) is 9.59 Å². The molecule has 1 fully saturated rings. The summed E-state index contributed by atoms with van der Waals surface area (Å²) in [7, 11) is 0. The van der Waals surface area contributed by atoms with E-state index >= 15 is 0 Å². The van der Waals surface area contributed by atoms with E-state index in [1.807, 2.05) is 13.8 Å². The maximum atomic E-state index is 12.6. The number of thioether (sulfide) groups is 1. The number of nitrogens with zero attached hydrogens (tertiary/aromatic N) is 1. The fourth-order valence-electron chi connectivity index (χ4n) is 2.38. The molecule has 6 nitrogen and oxygen atoms in total. The number of carbonyl (C=O) groups is 3. The van der Waals surface area contributed by atoms with Gasteiger partial charge in [0.2, 0.25) is 0 Å². The number of thiocarbonyl (C=S) groups is 1. The van der Waals surface area contributed by atoms with Crippen molar-refractivity contribution in [2.45, 2.75) is 26.3 Å². The molecule has 1 unspecified atom stereocenters. The third-order valence-electron chi connectivity index (χ3n) is 3.57. The van der Waals surface area contributed by atoms with Gasteiger partial charge in [-0.2, -0.15) is 0 Å². The fraction of sp³-hybridized carbons (Fsp3) is 0.294. The fourth-order valence-corrected chi connectivity index (χ4v) is 3.74. The number of amides is 1. The minimum Gasteiger partial charge on any atom is -0.480 e. The average Bonchev–Trinajstić information content (AvgIpc) is 2.79. The molecular weight excluding hydrogens is 362 g/mol. The molecule has 0 saturated carbocycles. The quantitative estimate of drug-likeness (QED) is 0.579. The number of benzene rings is 1. The molecule has 1 saturated heterocycles. The number of carbonyl (C=O) groups excluding carboxylic acids is 1. The number of aromatic carboxylic acids is 1. The van der Waals surface area contributed by atoms with Crippen molar-refractivity contribution >= 4 is 52.2 Å². The lowest BCUT2D eigenvalue weighted by atomic mass is 10.0. The van der Waals surface area contributed by atoms with Crippen molar-refractivity contribution < 1.29 is 24.6 Å². The summed E-state index contributed by atoms with van der Waals surface area (Å²) in [5.74, 6) is -2.46. The van der Waals surface area contributed by atoms with Crippen molar-refractivity contribution in [1.29, 1.82) is 0 Å². The van der Waals surface area contributed by atoms with Crippen molar-refractivity contribution in [2.75, 3.05) is 0 Å². The second-order valence-electron chi connectivity index (χ2n) is 5.96. The molecule has 1 amide bonds. The van der Waals surface area contributed by atoms with Crippen LogP contribution in [0, 0.1) is 5.92 Å². The highest BCUT2D eigenvalue weighted by Crippen LogP contribution is 2.35. The van der Waals surface area contributed by atoms with E-state index in [-0.39, 0.29) is 15.8 Å². The monoisotopic (exact) mass is 379 g/mol. The van der Waals surface area contributed by atoms with Crippen molar-refractivity contribution in [3.05, 3.63) is 40.3 Å². The number of aliphatic carboxylic acids is 1. The van der Waals surface area contributed by atoms with Gasteiger partial charge in [-0.1, -0.05) is 50.0 Å². The lowest BCUT2D eigenvalue weighted by molar-refractivity contribution is -0.145. The van der Waals surface area contributed by atoms with Crippen molar-refractivity contribution in [1.82, 2.24) is 4.90 Å². The summed E-state index contributed by atoms with van der Waals surface area (Å²) in [5.41, 5.74) is 0.786. The Morgan fingerprint density at radius 1 is 1.24 bits per heavy atom. The normalized spacial score (nSPS) is 17.4. The van der Waals surface area contributed by atoms with Gasteiger partial charge >= 0.3 is 11.9 Å². The molecule has 1 aliphatic rings. The van der Waals surface area contributed by atoms with E-state index in [0.717, 1.165) is 16.7 Å². The second-order valence-corrected chi connectivity index (χ2v) is 7.64. The van der Waals surface area contributed by atoms with Crippen LogP contribution < -0.4 is 0 Å². The maximum Gasteiger partial charge on any atom is 0.335 e. The Balaban J connectivity index is 2.27. The summed E-state index contributed by atoms with van der Waals surface area (Å²) >= 11 is 6.25. The van der Waals surface area contributed by atoms with Crippen LogP contribution in [0.25, 0.3) is 6.08 Å². The first-order valence-corrected chi connectivity index (χ1v) is 8.76. The molecule has 0 radical (unpaired) electrons. The summed E-state index contributed by atoms with van der Waals surface area (Å²) in [4.78, 5) is 36.5. The van der Waals surface area contributed by atoms with E-state index in [1.54, 1.807) is 18.2 Å². The zero-order valence-electron chi connectivity index (χ0n) is 13.6. The summed E-state index contributed by atoms with van der Waals surface area (Å²) in [6.45, 7) is 3.76. The first kappa shape index (κ1) is 19.1. The van der Waals surface area contributed by atoms with Gasteiger partial charge in [0.25, 0.3) is 5.91 Å². The molecule has 1 aromatic rings. The summed E-state index contributed by atoms with van der Waals surface area (Å²) < 4.78 is 0.214. The molecule has 0 aromatic heterocycles. The van der Waals surface area contributed by atoms with E-state index < -0.39 is 23.9 Å². The molecule has 0 bridgehead atoms. The SMILES string of the molecule is CC(C)CC(C(=O)O)N1C(=O)/C(=C/c2ccc(C(=O)O)cc2)SC1=S. The van der Waals surface area contributed by atoms with Crippen LogP contribution in [0.4, 0.5) is 0 Å². The van der Waals surface area contributed by atoms with Crippen LogP contribution in [0.15, 0.2) is 29.2 Å². The highest BCUT2D eigenvalue weighted by atomic mass is 32.2. The smallest absolute Gasteiger partial charge is 0.335 e. The molecule has 1 atom stereocenters. The van der Waals surface area contributed by atoms with Gasteiger partial charge in [0.15, 0.2) is 0 Å². The summed E-state index contributed by atoms with van der Waals surface area (Å²) in [6, 6.07) is 5.05. The van der Waals surface area contributed by atoms with E-state index in [1.165, 1.54) is 12.1 Å². The Morgan fingerprint density at radius 3 is 2.32 bits per heavy atom. The predicted octanol–water partition coefficient (Wildman–Crippen LogP) is 3.09. The van der Waals surface area contributed by atoms with Gasteiger partial charge in [-0.15, -0.1) is 0 Å². The molecule has 1 aliphatic heterocycles. The molecule has 1 heterocycles. The van der Waals surface area contributed by atoms with Gasteiger partial charge in [-0.3, -0.25) is 9.69 Å². The molecule has 2 N–H and O–H groups in total. The predicted molar refractivity (Wildman–Crippen MR) is 99.3 cm³/mol. The van der Waals surface area contributed by atoms with Gasteiger partial charge in [-0.05, 0) is 36.1 Å². The molecule has 1 aromatic carbocycles. The Labute approximate surface area is 154 Å². The third kappa shape index (κ3) is 4.46. The van der Waals surface area contributed by atoms with Crippen LogP contribution in [0.2, 0.25) is 0 Å². The zero-order valence-corrected chi connectivity index (χ0v) is 15.3. The maximum absolute atomic E-state index is 12.6. The zero-order chi connectivity index (χ0) is 18.7. The van der Waals surface area contributed by atoms with Crippen molar-refractivity contribution in [2.24, 2.45) is 5.92 Å². The van der Waals surface area contributed by atoms with Crippen LogP contribution in [0.3, 0.4) is 0 Å². The van der Waals surface area contributed by atoms with Gasteiger partial charge in [0.05, 0.1) is 10.5 Å².